The number of carbonyl (C=O) groups is 2. The lowest BCUT2D eigenvalue weighted by Gasteiger charge is -2.19. The molecular weight excluding hydrogens is 282 g/mol. The molecule has 0 unspecified atom stereocenters. The van der Waals surface area contributed by atoms with Crippen LogP contribution in [0.3, 0.4) is 0 Å². The number of carbonyl (C=O) groups excluding carboxylic acids is 2. The normalized spacial score (nSPS) is 18.0. The predicted molar refractivity (Wildman–Crippen MR) is 82.0 cm³/mol. The lowest BCUT2D eigenvalue weighted by atomic mass is 10.1. The van der Waals surface area contributed by atoms with Crippen molar-refractivity contribution in [3.63, 3.8) is 0 Å². The number of likely N-dealkylation sites (tertiary alicyclic amines) is 1. The van der Waals surface area contributed by atoms with Gasteiger partial charge in [0.05, 0.1) is 11.6 Å². The number of amides is 2. The van der Waals surface area contributed by atoms with E-state index in [4.69, 9.17) is 0 Å². The van der Waals surface area contributed by atoms with Crippen LogP contribution in [0, 0.1) is 5.92 Å². The van der Waals surface area contributed by atoms with Crippen LogP contribution in [0.5, 0.6) is 0 Å². The van der Waals surface area contributed by atoms with Crippen molar-refractivity contribution in [2.45, 2.75) is 12.8 Å². The van der Waals surface area contributed by atoms with Gasteiger partial charge in [0.2, 0.25) is 11.8 Å². The van der Waals surface area contributed by atoms with Crippen molar-refractivity contribution in [3.05, 3.63) is 24.3 Å². The monoisotopic (exact) mass is 305 g/mol. The van der Waals surface area contributed by atoms with Crippen LogP contribution in [0.25, 0.3) is 0 Å². The standard InChI is InChI=1S/C15H23N5O2/c1-19(2)7-8-20-11-12(9-14(20)21)15(22)18-4-3-13-10-16-5-6-17-13/h5-6,10,12H,3-4,7-9,11H2,1-2H3,(H,18,22)/t12-/m1/s1. The Morgan fingerprint density at radius 2 is 2.27 bits per heavy atom. The van der Waals surface area contributed by atoms with Gasteiger partial charge >= 0.3 is 0 Å². The molecular formula is C15H23N5O2. The Bertz CT molecular complexity index is 506. The van der Waals surface area contributed by atoms with Crippen molar-refractivity contribution in [2.75, 3.05) is 40.3 Å². The molecule has 2 rings (SSSR count). The molecule has 1 aromatic rings. The van der Waals surface area contributed by atoms with Crippen LogP contribution < -0.4 is 5.32 Å². The topological polar surface area (TPSA) is 78.4 Å². The number of nitrogens with one attached hydrogen (secondary N) is 1. The second-order valence-electron chi connectivity index (χ2n) is 5.78. The van der Waals surface area contributed by atoms with Gasteiger partial charge in [0.25, 0.3) is 0 Å². The molecule has 1 atom stereocenters. The van der Waals surface area contributed by atoms with Gasteiger partial charge in [-0.25, -0.2) is 0 Å². The van der Waals surface area contributed by atoms with Crippen molar-refractivity contribution < 1.29 is 9.59 Å². The predicted octanol–water partition coefficient (Wildman–Crippen LogP) is -0.455. The molecule has 0 bridgehead atoms. The van der Waals surface area contributed by atoms with Crippen molar-refractivity contribution in [2.24, 2.45) is 5.92 Å². The molecule has 0 spiro atoms. The number of hydrogen-bond donors (Lipinski definition) is 1. The Morgan fingerprint density at radius 3 is 2.95 bits per heavy atom. The van der Waals surface area contributed by atoms with Crippen LogP contribution >= 0.6 is 0 Å². The smallest absolute Gasteiger partial charge is 0.225 e. The molecule has 2 amide bonds. The van der Waals surface area contributed by atoms with Crippen LogP contribution in [0.2, 0.25) is 0 Å². The van der Waals surface area contributed by atoms with E-state index in [-0.39, 0.29) is 17.7 Å². The van der Waals surface area contributed by atoms with Crippen molar-refractivity contribution in [1.29, 1.82) is 0 Å². The maximum absolute atomic E-state index is 12.1. The van der Waals surface area contributed by atoms with Crippen LogP contribution in [0.4, 0.5) is 0 Å². The van der Waals surface area contributed by atoms with E-state index in [0.717, 1.165) is 12.2 Å². The van der Waals surface area contributed by atoms with Gasteiger partial charge in [-0.2, -0.15) is 0 Å². The third-order valence-electron chi connectivity index (χ3n) is 3.70. The first-order valence-corrected chi connectivity index (χ1v) is 7.51. The minimum absolute atomic E-state index is 0.0513. The van der Waals surface area contributed by atoms with E-state index < -0.39 is 0 Å². The molecule has 0 radical (unpaired) electrons. The van der Waals surface area contributed by atoms with Gasteiger partial charge in [0.15, 0.2) is 0 Å². The number of likely N-dealkylation sites (N-methyl/N-ethyl adjacent to an activating group) is 1. The summed E-state index contributed by atoms with van der Waals surface area (Å²) in [5.41, 5.74) is 0.845. The van der Waals surface area contributed by atoms with Crippen LogP contribution in [-0.2, 0) is 16.0 Å². The molecule has 1 N–H and O–H groups in total. The number of hydrogen-bond acceptors (Lipinski definition) is 5. The van der Waals surface area contributed by atoms with Crippen molar-refractivity contribution in [1.82, 2.24) is 25.1 Å². The van der Waals surface area contributed by atoms with Crippen molar-refractivity contribution >= 4 is 11.8 Å². The van der Waals surface area contributed by atoms with E-state index in [1.165, 1.54) is 0 Å². The molecule has 120 valence electrons. The summed E-state index contributed by atoms with van der Waals surface area (Å²) in [5, 5.41) is 2.88. The molecule has 22 heavy (non-hydrogen) atoms. The average molecular weight is 305 g/mol. The molecule has 1 aliphatic rings. The molecule has 1 aliphatic heterocycles. The Hall–Kier alpha value is -2.02. The first kappa shape index (κ1) is 16.4. The molecule has 2 heterocycles. The maximum atomic E-state index is 12.1. The van der Waals surface area contributed by atoms with E-state index in [2.05, 4.69) is 15.3 Å². The minimum Gasteiger partial charge on any atom is -0.355 e. The summed E-state index contributed by atoms with van der Waals surface area (Å²) in [6.45, 7) is 2.52. The molecule has 0 aromatic carbocycles. The second-order valence-corrected chi connectivity index (χ2v) is 5.78. The van der Waals surface area contributed by atoms with E-state index >= 15 is 0 Å². The fourth-order valence-electron chi connectivity index (χ4n) is 2.40. The zero-order valence-corrected chi connectivity index (χ0v) is 13.2. The summed E-state index contributed by atoms with van der Waals surface area (Å²) in [6.07, 6.45) is 5.90. The lowest BCUT2D eigenvalue weighted by Crippen LogP contribution is -2.36. The molecule has 7 heteroatoms. The van der Waals surface area contributed by atoms with Crippen LogP contribution in [0.15, 0.2) is 18.6 Å². The third-order valence-corrected chi connectivity index (χ3v) is 3.70. The van der Waals surface area contributed by atoms with Gasteiger partial charge in [-0.3, -0.25) is 19.6 Å². The van der Waals surface area contributed by atoms with E-state index in [1.807, 2.05) is 19.0 Å². The fraction of sp³-hybridized carbons (Fsp3) is 0.600. The number of aromatic nitrogens is 2. The average Bonchev–Trinajstić information content (AvgIpc) is 2.87. The van der Waals surface area contributed by atoms with Gasteiger partial charge in [-0.15, -0.1) is 0 Å². The molecule has 7 nitrogen and oxygen atoms in total. The zero-order valence-electron chi connectivity index (χ0n) is 13.2. The Balaban J connectivity index is 1.73. The maximum Gasteiger partial charge on any atom is 0.225 e. The van der Waals surface area contributed by atoms with Crippen LogP contribution in [0.1, 0.15) is 12.1 Å². The SMILES string of the molecule is CN(C)CCN1C[C@H](C(=O)NCCc2cnccn2)CC1=O. The minimum atomic E-state index is -0.239. The first-order chi connectivity index (χ1) is 10.6. The summed E-state index contributed by atoms with van der Waals surface area (Å²) in [5.74, 6) is -0.225. The van der Waals surface area contributed by atoms with E-state index in [9.17, 15) is 9.59 Å². The van der Waals surface area contributed by atoms with Gasteiger partial charge in [0, 0.05) is 57.6 Å². The number of rotatable bonds is 7. The van der Waals surface area contributed by atoms with E-state index in [0.29, 0.717) is 32.5 Å². The van der Waals surface area contributed by atoms with Gasteiger partial charge < -0.3 is 15.1 Å². The highest BCUT2D eigenvalue weighted by Gasteiger charge is 2.33. The summed E-state index contributed by atoms with van der Waals surface area (Å²) in [4.78, 5) is 36.0. The van der Waals surface area contributed by atoms with Gasteiger partial charge in [-0.05, 0) is 14.1 Å². The Labute approximate surface area is 130 Å². The van der Waals surface area contributed by atoms with Crippen molar-refractivity contribution in [3.8, 4) is 0 Å². The summed E-state index contributed by atoms with van der Waals surface area (Å²) in [6, 6.07) is 0. The van der Waals surface area contributed by atoms with E-state index in [1.54, 1.807) is 23.5 Å². The highest BCUT2D eigenvalue weighted by atomic mass is 16.2. The highest BCUT2D eigenvalue weighted by molar-refractivity contribution is 5.89. The molecule has 0 aliphatic carbocycles. The first-order valence-electron chi connectivity index (χ1n) is 7.51. The lowest BCUT2D eigenvalue weighted by molar-refractivity contribution is -0.129. The largest absolute Gasteiger partial charge is 0.355 e. The fourth-order valence-corrected chi connectivity index (χ4v) is 2.40. The zero-order chi connectivity index (χ0) is 15.9. The van der Waals surface area contributed by atoms with Gasteiger partial charge in [0.1, 0.15) is 0 Å². The number of nitrogens with zero attached hydrogens (tertiary/aromatic N) is 4. The molecule has 1 aromatic heterocycles. The Morgan fingerprint density at radius 1 is 1.45 bits per heavy atom. The molecule has 0 saturated carbocycles. The second kappa shape index (κ2) is 7.84. The quantitative estimate of drug-likeness (QED) is 0.738. The highest BCUT2D eigenvalue weighted by Crippen LogP contribution is 2.17. The summed E-state index contributed by atoms with van der Waals surface area (Å²) < 4.78 is 0. The summed E-state index contributed by atoms with van der Waals surface area (Å²) in [7, 11) is 3.94. The molecule has 1 saturated heterocycles. The summed E-state index contributed by atoms with van der Waals surface area (Å²) >= 11 is 0. The van der Waals surface area contributed by atoms with Crippen LogP contribution in [-0.4, -0.2) is 71.9 Å². The van der Waals surface area contributed by atoms with Gasteiger partial charge in [-0.1, -0.05) is 0 Å². The molecule has 1 fully saturated rings. The third kappa shape index (κ3) is 4.77. The Kier molecular flexibility index (Phi) is 5.83.